The Morgan fingerprint density at radius 2 is 1.93 bits per heavy atom. The van der Waals surface area contributed by atoms with E-state index in [0.717, 1.165) is 14.7 Å². The molecule has 0 unspecified atom stereocenters. The Labute approximate surface area is 122 Å². The van der Waals surface area contributed by atoms with Crippen LogP contribution >= 0.6 is 67.9 Å². The van der Waals surface area contributed by atoms with Crippen molar-refractivity contribution in [3.05, 3.63) is 28.5 Å². The highest BCUT2D eigenvalue weighted by atomic mass is 127. The van der Waals surface area contributed by atoms with Gasteiger partial charge in [-0.2, -0.15) is 0 Å². The number of rotatable bonds is 0. The average molecular weight is 458 g/mol. The van der Waals surface area contributed by atoms with Gasteiger partial charge >= 0.3 is 0 Å². The standard InChI is InChI=1S/C10H4I2OS2/c1-3-7(12)6-8(13)4-2-5(11)15-9(4)10(6)14-3/h2H,1H3. The van der Waals surface area contributed by atoms with E-state index in [-0.39, 0.29) is 5.78 Å². The lowest BCUT2D eigenvalue weighted by atomic mass is 10.2. The van der Waals surface area contributed by atoms with E-state index in [1.165, 1.54) is 17.5 Å². The molecule has 1 aliphatic rings. The van der Waals surface area contributed by atoms with Gasteiger partial charge in [0.1, 0.15) is 0 Å². The van der Waals surface area contributed by atoms with Gasteiger partial charge in [-0.1, -0.05) is 0 Å². The van der Waals surface area contributed by atoms with Gasteiger partial charge in [-0.15, -0.1) is 22.7 Å². The summed E-state index contributed by atoms with van der Waals surface area (Å²) in [5.74, 6) is 0.216. The van der Waals surface area contributed by atoms with Gasteiger partial charge in [-0.3, -0.25) is 4.79 Å². The van der Waals surface area contributed by atoms with Crippen molar-refractivity contribution in [2.75, 3.05) is 0 Å². The molecule has 2 aromatic heterocycles. The third-order valence-electron chi connectivity index (χ3n) is 2.39. The molecule has 15 heavy (non-hydrogen) atoms. The van der Waals surface area contributed by atoms with Crippen LogP contribution in [0.15, 0.2) is 6.07 Å². The number of fused-ring (bicyclic) bond motifs is 3. The van der Waals surface area contributed by atoms with Crippen LogP contribution in [0, 0.1) is 13.4 Å². The van der Waals surface area contributed by atoms with Crippen molar-refractivity contribution >= 4 is 73.6 Å². The van der Waals surface area contributed by atoms with Crippen LogP contribution in [0.3, 0.4) is 0 Å². The predicted molar refractivity (Wildman–Crippen MR) is 81.2 cm³/mol. The summed E-state index contributed by atoms with van der Waals surface area (Å²) >= 11 is 8.01. The van der Waals surface area contributed by atoms with Crippen molar-refractivity contribution in [1.82, 2.24) is 0 Å². The zero-order valence-electron chi connectivity index (χ0n) is 7.56. The molecule has 0 N–H and O–H groups in total. The second-order valence-electron chi connectivity index (χ2n) is 3.30. The Bertz CT molecular complexity index is 595. The van der Waals surface area contributed by atoms with Gasteiger partial charge in [-0.25, -0.2) is 0 Å². The van der Waals surface area contributed by atoms with Crippen LogP contribution in [0.1, 0.15) is 20.8 Å². The van der Waals surface area contributed by atoms with E-state index >= 15 is 0 Å². The topological polar surface area (TPSA) is 17.1 Å². The lowest BCUT2D eigenvalue weighted by Crippen LogP contribution is -1.95. The van der Waals surface area contributed by atoms with Gasteiger partial charge in [0.25, 0.3) is 0 Å². The monoisotopic (exact) mass is 458 g/mol. The third kappa shape index (κ3) is 1.39. The minimum absolute atomic E-state index is 0.216. The predicted octanol–water partition coefficient (Wildman–Crippen LogP) is 4.54. The van der Waals surface area contributed by atoms with E-state index < -0.39 is 0 Å². The van der Waals surface area contributed by atoms with Crippen LogP contribution in [-0.4, -0.2) is 5.78 Å². The van der Waals surface area contributed by atoms with E-state index in [9.17, 15) is 4.79 Å². The van der Waals surface area contributed by atoms with Crippen LogP contribution in [0.2, 0.25) is 0 Å². The molecule has 0 spiro atoms. The van der Waals surface area contributed by atoms with Gasteiger partial charge in [0.2, 0.25) is 0 Å². The van der Waals surface area contributed by atoms with Crippen molar-refractivity contribution < 1.29 is 4.79 Å². The summed E-state index contributed by atoms with van der Waals surface area (Å²) in [6, 6.07) is 2.00. The van der Waals surface area contributed by atoms with Gasteiger partial charge in [0.15, 0.2) is 5.78 Å². The van der Waals surface area contributed by atoms with E-state index in [1.54, 1.807) is 22.7 Å². The Hall–Kier alpha value is 0.530. The highest BCUT2D eigenvalue weighted by Gasteiger charge is 2.33. The number of ketones is 1. The van der Waals surface area contributed by atoms with Crippen molar-refractivity contribution in [2.45, 2.75) is 6.92 Å². The number of halogens is 2. The Kier molecular flexibility index (Phi) is 2.50. The highest BCUT2D eigenvalue weighted by molar-refractivity contribution is 14.1. The fourth-order valence-corrected chi connectivity index (χ4v) is 5.80. The van der Waals surface area contributed by atoms with Crippen LogP contribution < -0.4 is 0 Å². The first-order chi connectivity index (χ1) is 7.09. The summed E-state index contributed by atoms with van der Waals surface area (Å²) in [5, 5.41) is 0. The van der Waals surface area contributed by atoms with Gasteiger partial charge in [0, 0.05) is 14.0 Å². The SMILES string of the molecule is Cc1sc2c(c1I)C(=O)c1cc(I)sc1-2. The first-order valence-corrected chi connectivity index (χ1v) is 8.02. The van der Waals surface area contributed by atoms with E-state index in [4.69, 9.17) is 0 Å². The first kappa shape index (κ1) is 10.7. The summed E-state index contributed by atoms with van der Waals surface area (Å²) in [5.41, 5.74) is 1.85. The minimum atomic E-state index is 0.216. The van der Waals surface area contributed by atoms with Crippen LogP contribution in [0.4, 0.5) is 0 Å². The summed E-state index contributed by atoms with van der Waals surface area (Å²) < 4.78 is 2.33. The van der Waals surface area contributed by atoms with Gasteiger partial charge < -0.3 is 0 Å². The molecule has 0 bridgehead atoms. The quantitative estimate of drug-likeness (QED) is 0.453. The molecule has 1 nitrogen and oxygen atoms in total. The normalized spacial score (nSPS) is 13.1. The molecule has 0 fully saturated rings. The number of hydrogen-bond acceptors (Lipinski definition) is 3. The maximum Gasteiger partial charge on any atom is 0.197 e. The zero-order valence-corrected chi connectivity index (χ0v) is 13.5. The summed E-state index contributed by atoms with van der Waals surface area (Å²) in [4.78, 5) is 15.8. The van der Waals surface area contributed by atoms with Gasteiger partial charge in [0.05, 0.1) is 18.2 Å². The number of aryl methyl sites for hydroxylation is 1. The summed E-state index contributed by atoms with van der Waals surface area (Å²) in [6.07, 6.45) is 0. The third-order valence-corrected chi connectivity index (χ3v) is 7.27. The maximum atomic E-state index is 12.1. The number of hydrogen-bond donors (Lipinski definition) is 0. The molecule has 0 amide bonds. The highest BCUT2D eigenvalue weighted by Crippen LogP contribution is 2.48. The van der Waals surface area contributed by atoms with Gasteiger partial charge in [-0.05, 0) is 58.2 Å². The molecule has 0 radical (unpaired) electrons. The number of carbonyl (C=O) groups excluding carboxylic acids is 1. The molecular formula is C10H4I2OS2. The molecule has 0 aliphatic heterocycles. The fourth-order valence-electron chi connectivity index (χ4n) is 1.72. The second kappa shape index (κ2) is 3.51. The molecule has 3 rings (SSSR count). The van der Waals surface area contributed by atoms with Crippen LogP contribution in [0.5, 0.6) is 0 Å². The molecule has 2 heterocycles. The molecule has 2 aromatic rings. The average Bonchev–Trinajstić information content (AvgIpc) is 2.74. The Morgan fingerprint density at radius 1 is 1.20 bits per heavy atom. The Balaban J connectivity index is 2.39. The number of carbonyl (C=O) groups is 1. The molecule has 0 saturated heterocycles. The van der Waals surface area contributed by atoms with Crippen LogP contribution in [-0.2, 0) is 0 Å². The molecule has 1 aliphatic carbocycles. The van der Waals surface area contributed by atoms with Crippen molar-refractivity contribution in [1.29, 1.82) is 0 Å². The molecule has 76 valence electrons. The maximum absolute atomic E-state index is 12.1. The smallest absolute Gasteiger partial charge is 0.197 e. The Morgan fingerprint density at radius 3 is 2.67 bits per heavy atom. The summed E-state index contributed by atoms with van der Waals surface area (Å²) in [7, 11) is 0. The zero-order chi connectivity index (χ0) is 10.7. The lowest BCUT2D eigenvalue weighted by molar-refractivity contribution is 0.104. The minimum Gasteiger partial charge on any atom is -0.288 e. The van der Waals surface area contributed by atoms with Crippen molar-refractivity contribution in [2.24, 2.45) is 0 Å². The lowest BCUT2D eigenvalue weighted by Gasteiger charge is -1.91. The molecule has 5 heteroatoms. The van der Waals surface area contributed by atoms with Crippen molar-refractivity contribution in [3.63, 3.8) is 0 Å². The van der Waals surface area contributed by atoms with E-state index in [2.05, 4.69) is 52.1 Å². The molecule has 0 aromatic carbocycles. The largest absolute Gasteiger partial charge is 0.288 e. The fraction of sp³-hybridized carbons (Fsp3) is 0.100. The molecular weight excluding hydrogens is 454 g/mol. The van der Waals surface area contributed by atoms with E-state index in [0.29, 0.717) is 0 Å². The summed E-state index contributed by atoms with van der Waals surface area (Å²) in [6.45, 7) is 2.08. The molecule has 0 atom stereocenters. The van der Waals surface area contributed by atoms with Crippen LogP contribution in [0.25, 0.3) is 9.75 Å². The first-order valence-electron chi connectivity index (χ1n) is 4.23. The van der Waals surface area contributed by atoms with Crippen molar-refractivity contribution in [3.8, 4) is 9.75 Å². The van der Waals surface area contributed by atoms with E-state index in [1.807, 2.05) is 6.07 Å². The second-order valence-corrected chi connectivity index (χ2v) is 8.55. The number of thiophene rings is 2. The molecule has 0 saturated carbocycles.